The lowest BCUT2D eigenvalue weighted by atomic mass is 9.85. The van der Waals surface area contributed by atoms with Gasteiger partial charge in [-0.15, -0.1) is 0 Å². The Labute approximate surface area is 469 Å². The number of hydrogen-bond donors (Lipinski definition) is 0. The summed E-state index contributed by atoms with van der Waals surface area (Å²) in [5, 5.41) is 4.90. The number of para-hydroxylation sites is 4. The van der Waals surface area contributed by atoms with E-state index in [0.29, 0.717) is 0 Å². The average Bonchev–Trinajstić information content (AvgIpc) is 3.58. The number of nitrogens with zero attached hydrogens (tertiary/aromatic N) is 2. The molecule has 0 aliphatic rings. The Morgan fingerprint density at radius 3 is 0.700 bits per heavy atom. The van der Waals surface area contributed by atoms with E-state index in [1.54, 1.807) is 0 Å². The van der Waals surface area contributed by atoms with Crippen LogP contribution in [-0.2, 0) is 0 Å². The number of anilines is 6. The molecule has 13 aromatic carbocycles. The summed E-state index contributed by atoms with van der Waals surface area (Å²) in [7, 11) is 0. The van der Waals surface area contributed by atoms with Gasteiger partial charge in [-0.25, -0.2) is 0 Å². The lowest BCUT2D eigenvalue weighted by molar-refractivity contribution is 1.28. The van der Waals surface area contributed by atoms with E-state index in [4.69, 9.17) is 0 Å². The molecular formula is C78H56N2. The molecule has 0 spiro atoms. The van der Waals surface area contributed by atoms with Crippen molar-refractivity contribution in [2.24, 2.45) is 0 Å². The molecule has 80 heavy (non-hydrogen) atoms. The maximum atomic E-state index is 2.32. The maximum Gasteiger partial charge on any atom is 0.0462 e. The molecule has 0 fully saturated rings. The Balaban J connectivity index is 0.838. The molecule has 0 atom stereocenters. The van der Waals surface area contributed by atoms with E-state index in [9.17, 15) is 0 Å². The predicted molar refractivity (Wildman–Crippen MR) is 341 cm³/mol. The molecule has 13 rings (SSSR count). The van der Waals surface area contributed by atoms with Crippen LogP contribution in [0.5, 0.6) is 0 Å². The van der Waals surface area contributed by atoms with Gasteiger partial charge in [0.05, 0.1) is 0 Å². The highest BCUT2D eigenvalue weighted by molar-refractivity contribution is 6.21. The van der Waals surface area contributed by atoms with Gasteiger partial charge in [-0.3, -0.25) is 0 Å². The van der Waals surface area contributed by atoms with Crippen LogP contribution in [0, 0.1) is 0 Å². The molecule has 0 radical (unpaired) electrons. The van der Waals surface area contributed by atoms with Crippen LogP contribution in [0.1, 0.15) is 33.4 Å². The van der Waals surface area contributed by atoms with E-state index in [2.05, 4.69) is 350 Å². The van der Waals surface area contributed by atoms with Crippen LogP contribution in [0.3, 0.4) is 0 Å². The van der Waals surface area contributed by atoms with Gasteiger partial charge in [-0.2, -0.15) is 0 Å². The van der Waals surface area contributed by atoms with Gasteiger partial charge in [-0.05, 0) is 173 Å². The summed E-state index contributed by atoms with van der Waals surface area (Å²) in [4.78, 5) is 4.60. The minimum Gasteiger partial charge on any atom is -0.311 e. The predicted octanol–water partition coefficient (Wildman–Crippen LogP) is 21.4. The van der Waals surface area contributed by atoms with E-state index < -0.39 is 0 Å². The first kappa shape index (κ1) is 49.1. The summed E-state index contributed by atoms with van der Waals surface area (Å²) in [6.45, 7) is 0. The van der Waals surface area contributed by atoms with Crippen molar-refractivity contribution in [3.8, 4) is 22.3 Å². The molecule has 0 aromatic heterocycles. The molecule has 13 aromatic rings. The zero-order valence-electron chi connectivity index (χ0n) is 44.2. The van der Waals surface area contributed by atoms with Gasteiger partial charge < -0.3 is 9.80 Å². The van der Waals surface area contributed by atoms with Gasteiger partial charge in [0.25, 0.3) is 0 Å². The average molecular weight is 1020 g/mol. The lowest BCUT2D eigenvalue weighted by Crippen LogP contribution is -2.09. The van der Waals surface area contributed by atoms with Crippen molar-refractivity contribution in [1.29, 1.82) is 0 Å². The molecule has 0 saturated heterocycles. The normalized spacial score (nSPS) is 11.7. The van der Waals surface area contributed by atoms with Gasteiger partial charge >= 0.3 is 0 Å². The molecular weight excluding hydrogens is 965 g/mol. The van der Waals surface area contributed by atoms with Gasteiger partial charge in [0.15, 0.2) is 0 Å². The summed E-state index contributed by atoms with van der Waals surface area (Å²) in [6, 6.07) is 118. The Morgan fingerprint density at radius 1 is 0.200 bits per heavy atom. The van der Waals surface area contributed by atoms with Crippen LogP contribution in [0.25, 0.3) is 67.1 Å². The smallest absolute Gasteiger partial charge is 0.0462 e. The summed E-state index contributed by atoms with van der Waals surface area (Å²) in [5.41, 5.74) is 20.8. The molecule has 0 heterocycles. The quantitative estimate of drug-likeness (QED) is 0.0791. The molecule has 0 N–H and O–H groups in total. The third kappa shape index (κ3) is 10.1. The zero-order valence-corrected chi connectivity index (χ0v) is 44.2. The van der Waals surface area contributed by atoms with E-state index in [1.165, 1.54) is 66.1 Å². The van der Waals surface area contributed by atoms with Crippen molar-refractivity contribution in [3.05, 3.63) is 361 Å². The number of benzene rings is 13. The molecule has 0 unspecified atom stereocenters. The van der Waals surface area contributed by atoms with Gasteiger partial charge in [-0.1, -0.05) is 255 Å². The standard InChI is InChI=1S/C78H56N2/c1-7-23-59(24-8-1)75(55-57-39-51-69(52-40-57)79(65-27-11-3-12-28-65)66-29-13-4-14-30-66)61-43-47-63(48-44-61)77-71-35-19-21-37-73(71)78(74-38-22-20-36-72(74)77)64-49-45-62(46-50-64)76(60-25-9-2-10-26-60)56-58-41-53-70(54-42-58)80(67-31-15-5-16-32-67)68-33-17-6-18-34-68/h1-56H. The number of hydrogen-bond acceptors (Lipinski definition) is 2. The molecule has 2 heteroatoms. The van der Waals surface area contributed by atoms with Crippen LogP contribution >= 0.6 is 0 Å². The molecule has 0 saturated carbocycles. The van der Waals surface area contributed by atoms with E-state index in [1.807, 2.05) is 0 Å². The minimum absolute atomic E-state index is 1.10. The second-order valence-electron chi connectivity index (χ2n) is 20.0. The third-order valence-corrected chi connectivity index (χ3v) is 15.1. The van der Waals surface area contributed by atoms with Gasteiger partial charge in [0.2, 0.25) is 0 Å². The van der Waals surface area contributed by atoms with E-state index >= 15 is 0 Å². The van der Waals surface area contributed by atoms with Crippen LogP contribution in [0.15, 0.2) is 328 Å². The fourth-order valence-electron chi connectivity index (χ4n) is 11.3. The van der Waals surface area contributed by atoms with Crippen molar-refractivity contribution in [1.82, 2.24) is 0 Å². The van der Waals surface area contributed by atoms with Crippen LogP contribution in [0.4, 0.5) is 34.1 Å². The maximum absolute atomic E-state index is 2.32. The SMILES string of the molecule is C(=C(c1ccccc1)c1ccc(-c2c3ccccc3c(-c3ccc(C(=Cc4ccc(N(c5ccccc5)c5ccccc5)cc4)c4ccccc4)cc3)c3ccccc23)cc1)c1ccc(N(c2ccccc2)c2ccccc2)cc1. The fourth-order valence-corrected chi connectivity index (χ4v) is 11.3. The van der Waals surface area contributed by atoms with Crippen molar-refractivity contribution < 1.29 is 0 Å². The fraction of sp³-hybridized carbons (Fsp3) is 0. The van der Waals surface area contributed by atoms with Crippen molar-refractivity contribution in [3.63, 3.8) is 0 Å². The molecule has 378 valence electrons. The lowest BCUT2D eigenvalue weighted by Gasteiger charge is -2.25. The van der Waals surface area contributed by atoms with E-state index in [-0.39, 0.29) is 0 Å². The van der Waals surface area contributed by atoms with Crippen LogP contribution in [-0.4, -0.2) is 0 Å². The van der Waals surface area contributed by atoms with Crippen molar-refractivity contribution in [2.75, 3.05) is 9.80 Å². The Kier molecular flexibility index (Phi) is 13.8. The zero-order chi connectivity index (χ0) is 53.5. The highest BCUT2D eigenvalue weighted by Gasteiger charge is 2.19. The second-order valence-corrected chi connectivity index (χ2v) is 20.0. The van der Waals surface area contributed by atoms with E-state index in [0.717, 1.165) is 56.4 Å². The Hall–Kier alpha value is -10.5. The first-order valence-corrected chi connectivity index (χ1v) is 27.4. The summed E-state index contributed by atoms with van der Waals surface area (Å²) < 4.78 is 0. The van der Waals surface area contributed by atoms with Crippen molar-refractivity contribution in [2.45, 2.75) is 0 Å². The van der Waals surface area contributed by atoms with Crippen LogP contribution < -0.4 is 9.80 Å². The molecule has 0 bridgehead atoms. The first-order valence-electron chi connectivity index (χ1n) is 27.4. The molecule has 0 aliphatic heterocycles. The number of fused-ring (bicyclic) bond motifs is 2. The molecule has 0 amide bonds. The summed E-state index contributed by atoms with van der Waals surface area (Å²) in [5.74, 6) is 0. The third-order valence-electron chi connectivity index (χ3n) is 15.1. The summed E-state index contributed by atoms with van der Waals surface area (Å²) >= 11 is 0. The molecule has 2 nitrogen and oxygen atoms in total. The highest BCUT2D eigenvalue weighted by Crippen LogP contribution is 2.45. The first-order chi connectivity index (χ1) is 39.7. The Bertz CT molecular complexity index is 3840. The number of rotatable bonds is 14. The topological polar surface area (TPSA) is 6.48 Å². The van der Waals surface area contributed by atoms with Crippen molar-refractivity contribution >= 4 is 79.0 Å². The highest BCUT2D eigenvalue weighted by atomic mass is 15.1. The van der Waals surface area contributed by atoms with Gasteiger partial charge in [0.1, 0.15) is 0 Å². The summed E-state index contributed by atoms with van der Waals surface area (Å²) in [6.07, 6.45) is 4.63. The monoisotopic (exact) mass is 1020 g/mol. The minimum atomic E-state index is 1.10. The Morgan fingerprint density at radius 2 is 0.425 bits per heavy atom. The van der Waals surface area contributed by atoms with Gasteiger partial charge in [0, 0.05) is 34.1 Å². The largest absolute Gasteiger partial charge is 0.311 e. The second kappa shape index (κ2) is 22.6. The molecule has 0 aliphatic carbocycles. The van der Waals surface area contributed by atoms with Crippen LogP contribution in [0.2, 0.25) is 0 Å².